The van der Waals surface area contributed by atoms with E-state index in [-0.39, 0.29) is 43.3 Å². The van der Waals surface area contributed by atoms with Gasteiger partial charge in [0, 0.05) is 25.4 Å². The minimum Gasteiger partial charge on any atom is -0.395 e. The third-order valence-electron chi connectivity index (χ3n) is 6.68. The Hall–Kier alpha value is -4.53. The minimum atomic E-state index is -1.31. The van der Waals surface area contributed by atoms with Crippen LogP contribution in [0.5, 0.6) is 0 Å². The van der Waals surface area contributed by atoms with Gasteiger partial charge in [0.1, 0.15) is 29.5 Å². The van der Waals surface area contributed by atoms with Crippen molar-refractivity contribution in [2.75, 3.05) is 36.0 Å². The Balaban J connectivity index is 1.92. The first kappa shape index (κ1) is 28.5. The van der Waals surface area contributed by atoms with Crippen molar-refractivity contribution in [1.29, 1.82) is 5.26 Å². The summed E-state index contributed by atoms with van der Waals surface area (Å²) in [5.74, 6) is -3.69. The zero-order valence-corrected chi connectivity index (χ0v) is 21.9. The molecule has 2 atom stereocenters. The molecule has 2 heterocycles. The lowest BCUT2D eigenvalue weighted by atomic mass is 9.95. The van der Waals surface area contributed by atoms with E-state index in [1.807, 2.05) is 6.07 Å². The molecule has 1 aromatic heterocycles. The predicted molar refractivity (Wildman–Crippen MR) is 142 cm³/mol. The quantitative estimate of drug-likeness (QED) is 0.461. The second-order valence-electron chi connectivity index (χ2n) is 9.46. The Labute approximate surface area is 229 Å². The van der Waals surface area contributed by atoms with Crippen LogP contribution in [0.2, 0.25) is 0 Å². The van der Waals surface area contributed by atoms with Crippen LogP contribution in [-0.4, -0.2) is 64.9 Å². The Morgan fingerprint density at radius 2 is 1.88 bits per heavy atom. The lowest BCUT2D eigenvalue weighted by Crippen LogP contribution is -2.63. The maximum Gasteiger partial charge on any atom is 0.252 e. The topological polar surface area (TPSA) is 118 Å². The van der Waals surface area contributed by atoms with Gasteiger partial charge in [0.05, 0.1) is 30.5 Å². The van der Waals surface area contributed by atoms with Crippen molar-refractivity contribution >= 4 is 29.1 Å². The molecule has 0 radical (unpaired) electrons. The summed E-state index contributed by atoms with van der Waals surface area (Å²) >= 11 is 0. The molecule has 40 heavy (non-hydrogen) atoms. The van der Waals surface area contributed by atoms with Crippen LogP contribution in [0.4, 0.5) is 20.3 Å². The Kier molecular flexibility index (Phi) is 8.62. The van der Waals surface area contributed by atoms with E-state index in [1.165, 1.54) is 25.3 Å². The molecule has 0 unspecified atom stereocenters. The highest BCUT2D eigenvalue weighted by atomic mass is 19.1. The van der Waals surface area contributed by atoms with Crippen LogP contribution in [0.3, 0.4) is 0 Å². The fourth-order valence-electron chi connectivity index (χ4n) is 4.92. The lowest BCUT2D eigenvalue weighted by molar-refractivity contribution is -0.130. The van der Waals surface area contributed by atoms with E-state index in [2.05, 4.69) is 4.98 Å². The van der Waals surface area contributed by atoms with Gasteiger partial charge in [-0.1, -0.05) is 24.3 Å². The molecule has 9 nitrogen and oxygen atoms in total. The summed E-state index contributed by atoms with van der Waals surface area (Å²) in [5.41, 5.74) is 1.10. The Morgan fingerprint density at radius 3 is 2.50 bits per heavy atom. The number of hydrogen-bond acceptors (Lipinski definition) is 7. The highest BCUT2D eigenvalue weighted by molar-refractivity contribution is 6.10. The number of nitriles is 1. The molecule has 2 amide bonds. The molecule has 1 saturated heterocycles. The first-order valence-electron chi connectivity index (χ1n) is 12.5. The van der Waals surface area contributed by atoms with Crippen LogP contribution in [0.1, 0.15) is 29.7 Å². The van der Waals surface area contributed by atoms with Crippen molar-refractivity contribution in [3.05, 3.63) is 89.1 Å². The monoisotopic (exact) mass is 547 g/mol. The summed E-state index contributed by atoms with van der Waals surface area (Å²) in [7, 11) is 0. The summed E-state index contributed by atoms with van der Waals surface area (Å²) in [5, 5.41) is 18.9. The number of ketones is 1. The summed E-state index contributed by atoms with van der Waals surface area (Å²) in [4.78, 5) is 49.0. The molecule has 4 rings (SSSR count). The van der Waals surface area contributed by atoms with Crippen molar-refractivity contribution in [2.45, 2.75) is 25.9 Å². The van der Waals surface area contributed by atoms with Crippen molar-refractivity contribution < 1.29 is 28.3 Å². The van der Waals surface area contributed by atoms with Gasteiger partial charge in [0.25, 0.3) is 5.91 Å². The van der Waals surface area contributed by atoms with Gasteiger partial charge >= 0.3 is 0 Å². The van der Waals surface area contributed by atoms with Crippen molar-refractivity contribution in [2.24, 2.45) is 0 Å². The van der Waals surface area contributed by atoms with E-state index in [4.69, 9.17) is 0 Å². The number of anilines is 2. The van der Waals surface area contributed by atoms with E-state index in [9.17, 15) is 33.5 Å². The number of aliphatic hydroxyl groups excluding tert-OH is 1. The summed E-state index contributed by atoms with van der Waals surface area (Å²) in [6, 6.07) is 11.6. The number of benzene rings is 2. The van der Waals surface area contributed by atoms with E-state index in [1.54, 1.807) is 36.1 Å². The number of hydrogen-bond donors (Lipinski definition) is 1. The fourth-order valence-corrected chi connectivity index (χ4v) is 4.92. The van der Waals surface area contributed by atoms with Crippen LogP contribution in [0.15, 0.2) is 60.8 Å². The van der Waals surface area contributed by atoms with Gasteiger partial charge in [0.2, 0.25) is 5.91 Å². The first-order chi connectivity index (χ1) is 19.1. The number of aryl methyl sites for hydroxylation is 1. The van der Waals surface area contributed by atoms with Gasteiger partial charge < -0.3 is 5.11 Å². The zero-order valence-electron chi connectivity index (χ0n) is 21.9. The van der Waals surface area contributed by atoms with Crippen molar-refractivity contribution in [3.8, 4) is 6.07 Å². The molecule has 0 saturated carbocycles. The van der Waals surface area contributed by atoms with Gasteiger partial charge in [-0.2, -0.15) is 5.26 Å². The highest BCUT2D eigenvalue weighted by Gasteiger charge is 2.44. The van der Waals surface area contributed by atoms with Gasteiger partial charge in [0.15, 0.2) is 5.78 Å². The van der Waals surface area contributed by atoms with Gasteiger partial charge in [-0.25, -0.2) is 13.8 Å². The molecular formula is C29H27F2N5O4. The van der Waals surface area contributed by atoms with Gasteiger partial charge in [-0.3, -0.25) is 29.1 Å². The maximum absolute atomic E-state index is 14.5. The fraction of sp³-hybridized carbons (Fsp3) is 0.276. The maximum atomic E-state index is 14.5. The lowest BCUT2D eigenvalue weighted by Gasteiger charge is -2.42. The number of β-amino-alcohol motifs (C(OH)–C–C–N with tert-alkyl or cyclic N) is 1. The molecule has 11 heteroatoms. The second kappa shape index (κ2) is 12.1. The molecule has 206 valence electrons. The van der Waals surface area contributed by atoms with E-state index in [0.29, 0.717) is 17.2 Å². The number of piperazine rings is 1. The smallest absolute Gasteiger partial charge is 0.252 e. The number of aliphatic hydroxyl groups is 1. The number of aromatic nitrogens is 1. The van der Waals surface area contributed by atoms with E-state index in [0.717, 1.165) is 21.9 Å². The van der Waals surface area contributed by atoms with Crippen LogP contribution in [0.25, 0.3) is 0 Å². The van der Waals surface area contributed by atoms with Crippen molar-refractivity contribution in [1.82, 2.24) is 9.88 Å². The number of nitrogens with zero attached hydrogens (tertiary/aromatic N) is 5. The molecule has 0 spiro atoms. The third kappa shape index (κ3) is 5.88. The van der Waals surface area contributed by atoms with Crippen LogP contribution >= 0.6 is 0 Å². The average molecular weight is 548 g/mol. The Bertz CT molecular complexity index is 1470. The number of halogens is 2. The molecule has 1 N–H and O–H groups in total. The molecule has 1 fully saturated rings. The molecule has 0 bridgehead atoms. The normalized spacial score (nSPS) is 16.4. The number of carbonyl (C=O) groups is 3. The second-order valence-corrected chi connectivity index (χ2v) is 9.46. The average Bonchev–Trinajstić information content (AvgIpc) is 2.91. The highest BCUT2D eigenvalue weighted by Crippen LogP contribution is 2.34. The number of Topliss-reactive ketones (excluding diaryl/α,β-unsaturated/α-hetero) is 1. The standard InChI is InChI=1S/C29H27F2N5O4/c1-18-5-3-4-6-24(18)28(19(2)38)35(23-13-21(30)12-22(31)14-23)29(40)25-16-34(9-10-37)17-27(39)36(25)26-11-20(15-32)7-8-33-26/h3-8,11-14,25,28,37H,9-10,16-17H2,1-2H3/t25-,28+/m0/s1. The molecular weight excluding hydrogens is 520 g/mol. The summed E-state index contributed by atoms with van der Waals surface area (Å²) < 4.78 is 29.0. The first-order valence-corrected chi connectivity index (χ1v) is 12.5. The van der Waals surface area contributed by atoms with Crippen molar-refractivity contribution in [3.63, 3.8) is 0 Å². The van der Waals surface area contributed by atoms with E-state index >= 15 is 0 Å². The molecule has 1 aliphatic heterocycles. The number of pyridine rings is 1. The van der Waals surface area contributed by atoms with Gasteiger partial charge in [-0.15, -0.1) is 0 Å². The molecule has 2 aromatic carbocycles. The number of amides is 2. The minimum absolute atomic E-state index is 0.0340. The van der Waals surface area contributed by atoms with Crippen LogP contribution in [0, 0.1) is 29.9 Å². The predicted octanol–water partition coefficient (Wildman–Crippen LogP) is 2.91. The summed E-state index contributed by atoms with van der Waals surface area (Å²) in [6.07, 6.45) is 1.33. The molecule has 3 aromatic rings. The number of carbonyl (C=O) groups excluding carboxylic acids is 3. The molecule has 1 aliphatic rings. The Morgan fingerprint density at radius 1 is 1.18 bits per heavy atom. The SMILES string of the molecule is CC(=O)[C@H](c1ccccc1C)N(C(=O)[C@@H]1CN(CCO)CC(=O)N1c1cc(C#N)ccn1)c1cc(F)cc(F)c1. The largest absolute Gasteiger partial charge is 0.395 e. The number of rotatable bonds is 8. The van der Waals surface area contributed by atoms with Crippen LogP contribution in [-0.2, 0) is 14.4 Å². The molecule has 0 aliphatic carbocycles. The van der Waals surface area contributed by atoms with E-state index < -0.39 is 41.3 Å². The van der Waals surface area contributed by atoms with Gasteiger partial charge in [-0.05, 0) is 49.2 Å². The van der Waals surface area contributed by atoms with Crippen LogP contribution < -0.4 is 9.80 Å². The zero-order chi connectivity index (χ0) is 29.0. The summed E-state index contributed by atoms with van der Waals surface area (Å²) in [6.45, 7) is 2.59. The third-order valence-corrected chi connectivity index (χ3v) is 6.68.